The summed E-state index contributed by atoms with van der Waals surface area (Å²) in [5, 5.41) is 9.24. The van der Waals surface area contributed by atoms with Crippen molar-refractivity contribution in [2.45, 2.75) is 36.7 Å². The minimum Gasteiger partial charge on any atom is -0.367 e. The number of hydrogen-bond donors (Lipinski definition) is 1. The first-order valence-electron chi connectivity index (χ1n) is 7.36. The molecule has 0 aliphatic heterocycles. The van der Waals surface area contributed by atoms with E-state index in [1.165, 1.54) is 12.8 Å². The van der Waals surface area contributed by atoms with Gasteiger partial charge in [-0.05, 0) is 31.9 Å². The molecule has 112 valence electrons. The van der Waals surface area contributed by atoms with Crippen molar-refractivity contribution >= 4 is 28.5 Å². The summed E-state index contributed by atoms with van der Waals surface area (Å²) in [5.41, 5.74) is 1.86. The van der Waals surface area contributed by atoms with Gasteiger partial charge in [-0.1, -0.05) is 29.1 Å². The number of aryl methyl sites for hydroxylation is 1. The third-order valence-corrected chi connectivity index (χ3v) is 4.39. The van der Waals surface area contributed by atoms with Crippen LogP contribution in [-0.2, 0) is 5.75 Å². The molecular weight excluding hydrogens is 296 g/mol. The lowest BCUT2D eigenvalue weighted by molar-refractivity contribution is 0.391. The fourth-order valence-corrected chi connectivity index (χ4v) is 3.00. The zero-order valence-corrected chi connectivity index (χ0v) is 13.1. The average molecular weight is 312 g/mol. The quantitative estimate of drug-likeness (QED) is 0.571. The Hall–Kier alpha value is -2.08. The highest BCUT2D eigenvalue weighted by atomic mass is 32.2. The van der Waals surface area contributed by atoms with E-state index >= 15 is 0 Å². The SMILES string of the molecule is Cc1cc(CSc2nc(NC3CC3)c3ccccc3n2)on1. The van der Waals surface area contributed by atoms with Gasteiger partial charge in [0.15, 0.2) is 5.16 Å². The van der Waals surface area contributed by atoms with Crippen LogP contribution in [0.25, 0.3) is 10.9 Å². The summed E-state index contributed by atoms with van der Waals surface area (Å²) in [5.74, 6) is 2.46. The Morgan fingerprint density at radius 3 is 2.91 bits per heavy atom. The highest BCUT2D eigenvalue weighted by molar-refractivity contribution is 7.98. The summed E-state index contributed by atoms with van der Waals surface area (Å²) < 4.78 is 5.24. The third kappa shape index (κ3) is 2.92. The first-order chi connectivity index (χ1) is 10.8. The molecule has 5 nitrogen and oxygen atoms in total. The second-order valence-corrected chi connectivity index (χ2v) is 6.46. The van der Waals surface area contributed by atoms with Crippen LogP contribution in [0.2, 0.25) is 0 Å². The van der Waals surface area contributed by atoms with E-state index in [-0.39, 0.29) is 0 Å². The van der Waals surface area contributed by atoms with Gasteiger partial charge in [-0.15, -0.1) is 0 Å². The van der Waals surface area contributed by atoms with Crippen LogP contribution in [0.3, 0.4) is 0 Å². The minimum atomic E-state index is 0.563. The number of fused-ring (bicyclic) bond motifs is 1. The monoisotopic (exact) mass is 312 g/mol. The van der Waals surface area contributed by atoms with Crippen LogP contribution in [-0.4, -0.2) is 21.2 Å². The largest absolute Gasteiger partial charge is 0.367 e. The molecule has 22 heavy (non-hydrogen) atoms. The Morgan fingerprint density at radius 1 is 1.27 bits per heavy atom. The summed E-state index contributed by atoms with van der Waals surface area (Å²) in [6.45, 7) is 1.92. The van der Waals surface area contributed by atoms with E-state index in [4.69, 9.17) is 4.52 Å². The number of nitrogens with one attached hydrogen (secondary N) is 1. The number of rotatable bonds is 5. The van der Waals surface area contributed by atoms with E-state index in [9.17, 15) is 0 Å². The Labute approximate surface area is 132 Å². The molecule has 3 aromatic rings. The fraction of sp³-hybridized carbons (Fsp3) is 0.312. The maximum Gasteiger partial charge on any atom is 0.190 e. The normalized spacial score (nSPS) is 14.4. The molecule has 1 aliphatic carbocycles. The molecule has 0 atom stereocenters. The lowest BCUT2D eigenvalue weighted by atomic mass is 10.2. The molecule has 1 fully saturated rings. The Bertz CT molecular complexity index is 813. The summed E-state index contributed by atoms with van der Waals surface area (Å²) in [7, 11) is 0. The van der Waals surface area contributed by atoms with Crippen LogP contribution < -0.4 is 5.32 Å². The summed E-state index contributed by atoms with van der Waals surface area (Å²) in [6, 6.07) is 10.6. The molecule has 1 aromatic carbocycles. The number of aromatic nitrogens is 3. The minimum absolute atomic E-state index is 0.563. The summed E-state index contributed by atoms with van der Waals surface area (Å²) in [4.78, 5) is 9.32. The lowest BCUT2D eigenvalue weighted by Gasteiger charge is -2.09. The van der Waals surface area contributed by atoms with Crippen LogP contribution in [0.1, 0.15) is 24.3 Å². The molecule has 0 amide bonds. The van der Waals surface area contributed by atoms with Gasteiger partial charge < -0.3 is 9.84 Å². The highest BCUT2D eigenvalue weighted by Crippen LogP contribution is 2.30. The van der Waals surface area contributed by atoms with E-state index in [1.807, 2.05) is 31.2 Å². The van der Waals surface area contributed by atoms with Crippen molar-refractivity contribution in [2.24, 2.45) is 0 Å². The fourth-order valence-electron chi connectivity index (χ4n) is 2.27. The molecule has 1 aliphatic rings. The third-order valence-electron chi connectivity index (χ3n) is 3.52. The molecule has 1 N–H and O–H groups in total. The molecule has 4 rings (SSSR count). The van der Waals surface area contributed by atoms with E-state index < -0.39 is 0 Å². The first-order valence-corrected chi connectivity index (χ1v) is 8.35. The van der Waals surface area contributed by atoms with Crippen LogP contribution in [0.5, 0.6) is 0 Å². The smallest absolute Gasteiger partial charge is 0.190 e. The van der Waals surface area contributed by atoms with Crippen molar-refractivity contribution in [1.29, 1.82) is 0 Å². The summed E-state index contributed by atoms with van der Waals surface area (Å²) in [6.07, 6.45) is 2.44. The Morgan fingerprint density at radius 2 is 2.14 bits per heavy atom. The molecule has 0 spiro atoms. The molecule has 1 saturated carbocycles. The number of thioether (sulfide) groups is 1. The van der Waals surface area contributed by atoms with E-state index in [0.29, 0.717) is 11.8 Å². The zero-order valence-electron chi connectivity index (χ0n) is 12.2. The van der Waals surface area contributed by atoms with Gasteiger partial charge in [0.25, 0.3) is 0 Å². The maximum absolute atomic E-state index is 5.24. The molecule has 2 heterocycles. The number of para-hydroxylation sites is 1. The first kappa shape index (κ1) is 13.6. The molecule has 0 radical (unpaired) electrons. The van der Waals surface area contributed by atoms with Gasteiger partial charge in [-0.2, -0.15) is 0 Å². The molecular formula is C16H16N4OS. The van der Waals surface area contributed by atoms with E-state index in [0.717, 1.165) is 33.3 Å². The van der Waals surface area contributed by atoms with Gasteiger partial charge in [0.1, 0.15) is 11.6 Å². The average Bonchev–Trinajstić information content (AvgIpc) is 3.25. The van der Waals surface area contributed by atoms with Crippen molar-refractivity contribution in [3.8, 4) is 0 Å². The Balaban J connectivity index is 1.62. The molecule has 0 bridgehead atoms. The topological polar surface area (TPSA) is 63.8 Å². The van der Waals surface area contributed by atoms with Crippen molar-refractivity contribution < 1.29 is 4.52 Å². The van der Waals surface area contributed by atoms with E-state index in [1.54, 1.807) is 11.8 Å². The van der Waals surface area contributed by atoms with Crippen LogP contribution in [0, 0.1) is 6.92 Å². The van der Waals surface area contributed by atoms with Crippen molar-refractivity contribution in [1.82, 2.24) is 15.1 Å². The van der Waals surface area contributed by atoms with E-state index in [2.05, 4.69) is 26.5 Å². The second kappa shape index (κ2) is 5.61. The van der Waals surface area contributed by atoms with Gasteiger partial charge in [0.2, 0.25) is 0 Å². The highest BCUT2D eigenvalue weighted by Gasteiger charge is 2.22. The molecule has 0 unspecified atom stereocenters. The van der Waals surface area contributed by atoms with Crippen LogP contribution >= 0.6 is 11.8 Å². The van der Waals surface area contributed by atoms with Gasteiger partial charge in [0.05, 0.1) is 17.0 Å². The number of hydrogen-bond acceptors (Lipinski definition) is 6. The standard InChI is InChI=1S/C16H16N4OS/c1-10-8-12(21-20-10)9-22-16-18-14-5-3-2-4-13(14)15(19-16)17-11-6-7-11/h2-5,8,11H,6-7,9H2,1H3,(H,17,18,19). The molecule has 2 aromatic heterocycles. The van der Waals surface area contributed by atoms with Crippen LogP contribution in [0.15, 0.2) is 40.0 Å². The molecule has 0 saturated heterocycles. The molecule has 6 heteroatoms. The predicted octanol–water partition coefficient (Wildman–Crippen LogP) is 3.79. The van der Waals surface area contributed by atoms with Crippen molar-refractivity contribution in [3.05, 3.63) is 41.8 Å². The van der Waals surface area contributed by atoms with Gasteiger partial charge in [0, 0.05) is 17.5 Å². The maximum atomic E-state index is 5.24. The zero-order chi connectivity index (χ0) is 14.9. The van der Waals surface area contributed by atoms with Crippen molar-refractivity contribution in [3.63, 3.8) is 0 Å². The predicted molar refractivity (Wildman–Crippen MR) is 87.0 cm³/mol. The van der Waals surface area contributed by atoms with Gasteiger partial charge in [-0.25, -0.2) is 9.97 Å². The number of benzene rings is 1. The lowest BCUT2D eigenvalue weighted by Crippen LogP contribution is -2.05. The second-order valence-electron chi connectivity index (χ2n) is 5.51. The van der Waals surface area contributed by atoms with Crippen LogP contribution in [0.4, 0.5) is 5.82 Å². The van der Waals surface area contributed by atoms with Crippen molar-refractivity contribution in [2.75, 3.05) is 5.32 Å². The number of anilines is 1. The Kier molecular flexibility index (Phi) is 3.46. The van der Waals surface area contributed by atoms with Gasteiger partial charge >= 0.3 is 0 Å². The van der Waals surface area contributed by atoms with Gasteiger partial charge in [-0.3, -0.25) is 0 Å². The summed E-state index contributed by atoms with van der Waals surface area (Å²) >= 11 is 1.57. The number of nitrogens with zero attached hydrogens (tertiary/aromatic N) is 3.